The number of rotatable bonds is 9. The lowest BCUT2D eigenvalue weighted by atomic mass is 10.2. The van der Waals surface area contributed by atoms with E-state index >= 15 is 0 Å². The molecule has 6 nitrogen and oxygen atoms in total. The summed E-state index contributed by atoms with van der Waals surface area (Å²) in [6, 6.07) is 29.7. The van der Waals surface area contributed by atoms with Crippen molar-refractivity contribution in [1.82, 2.24) is 23.6 Å². The van der Waals surface area contributed by atoms with Crippen LogP contribution in [0.1, 0.15) is 13.8 Å². The number of hydrogen-bond donors (Lipinski definition) is 1. The Kier molecular flexibility index (Phi) is 8.52. The molecule has 0 radical (unpaired) electrons. The van der Waals surface area contributed by atoms with Crippen LogP contribution in [0.5, 0.6) is 0 Å². The highest BCUT2D eigenvalue weighted by molar-refractivity contribution is 7.99. The molecule has 0 atom stereocenters. The van der Waals surface area contributed by atoms with Crippen molar-refractivity contribution >= 4 is 47.2 Å². The SMILES string of the molecule is CCN(CC)CCSc1nc2c(c(=N)n1-c1ccccc1)c(=S)n(-c1ccccc1)c(=S)n2-c1ccccc1. The molecule has 0 aliphatic rings. The molecule has 2 heterocycles. The molecule has 0 aliphatic heterocycles. The fourth-order valence-corrected chi connectivity index (χ4v) is 6.43. The number of hydrogen-bond acceptors (Lipinski definition) is 6. The van der Waals surface area contributed by atoms with Crippen LogP contribution in [0.25, 0.3) is 28.1 Å². The van der Waals surface area contributed by atoms with Crippen molar-refractivity contribution < 1.29 is 0 Å². The van der Waals surface area contributed by atoms with Gasteiger partial charge in [-0.05, 0) is 61.7 Å². The van der Waals surface area contributed by atoms with Gasteiger partial charge in [-0.3, -0.25) is 19.1 Å². The molecule has 5 rings (SSSR count). The molecule has 5 aromatic rings. The lowest BCUT2D eigenvalue weighted by Gasteiger charge is -2.21. The standard InChI is InChI=1S/C30H30N6S3/c1-3-33(4-2)20-21-39-29-32-27-25(26(31)34(29)22-14-8-5-9-15-22)28(37)36(24-18-12-7-13-19-24)30(38)35(27)23-16-10-6-11-17-23/h5-19,31H,3-4,20-21H2,1-2H3. The Labute approximate surface area is 242 Å². The monoisotopic (exact) mass is 570 g/mol. The van der Waals surface area contributed by atoms with Crippen LogP contribution in [0, 0.1) is 14.8 Å². The molecule has 0 saturated heterocycles. The van der Waals surface area contributed by atoms with E-state index in [0.29, 0.717) is 20.4 Å². The van der Waals surface area contributed by atoms with Crippen molar-refractivity contribution in [2.75, 3.05) is 25.4 Å². The van der Waals surface area contributed by atoms with Crippen molar-refractivity contribution in [3.8, 4) is 17.1 Å². The fourth-order valence-electron chi connectivity index (χ4n) is 4.59. The Morgan fingerprint density at radius 1 is 0.744 bits per heavy atom. The van der Waals surface area contributed by atoms with E-state index in [9.17, 15) is 5.41 Å². The van der Waals surface area contributed by atoms with Crippen LogP contribution < -0.4 is 5.49 Å². The first-order valence-electron chi connectivity index (χ1n) is 13.0. The first-order valence-corrected chi connectivity index (χ1v) is 14.8. The lowest BCUT2D eigenvalue weighted by molar-refractivity contribution is 0.324. The molecular weight excluding hydrogens is 541 g/mol. The van der Waals surface area contributed by atoms with Crippen LogP contribution in [0.2, 0.25) is 0 Å². The first kappa shape index (κ1) is 27.2. The lowest BCUT2D eigenvalue weighted by Crippen LogP contribution is -2.27. The van der Waals surface area contributed by atoms with Crippen LogP contribution in [-0.2, 0) is 0 Å². The van der Waals surface area contributed by atoms with Gasteiger partial charge in [0.05, 0.1) is 5.39 Å². The molecule has 0 amide bonds. The van der Waals surface area contributed by atoms with E-state index < -0.39 is 0 Å². The molecule has 3 aromatic carbocycles. The number of nitrogens with zero attached hydrogens (tertiary/aromatic N) is 5. The van der Waals surface area contributed by atoms with Gasteiger partial charge < -0.3 is 4.90 Å². The summed E-state index contributed by atoms with van der Waals surface area (Å²) in [5.41, 5.74) is 3.46. The number of thioether (sulfide) groups is 1. The second kappa shape index (κ2) is 12.2. The summed E-state index contributed by atoms with van der Waals surface area (Å²) < 4.78 is 6.68. The van der Waals surface area contributed by atoms with Crippen LogP contribution >= 0.6 is 36.2 Å². The quantitative estimate of drug-likeness (QED) is 0.118. The highest BCUT2D eigenvalue weighted by Crippen LogP contribution is 2.26. The smallest absolute Gasteiger partial charge is 0.191 e. The zero-order valence-corrected chi connectivity index (χ0v) is 24.4. The van der Waals surface area contributed by atoms with Crippen LogP contribution in [0.4, 0.5) is 0 Å². The number of benzene rings is 3. The van der Waals surface area contributed by atoms with Crippen LogP contribution in [-0.4, -0.2) is 49.0 Å². The molecule has 9 heteroatoms. The highest BCUT2D eigenvalue weighted by Gasteiger charge is 2.19. The maximum atomic E-state index is 9.51. The summed E-state index contributed by atoms with van der Waals surface area (Å²) in [7, 11) is 0. The first-order chi connectivity index (χ1) is 19.0. The molecule has 39 heavy (non-hydrogen) atoms. The van der Waals surface area contributed by atoms with Gasteiger partial charge in [0.25, 0.3) is 0 Å². The minimum atomic E-state index is 0.283. The second-order valence-corrected chi connectivity index (χ2v) is 10.7. The van der Waals surface area contributed by atoms with Gasteiger partial charge in [0.15, 0.2) is 15.6 Å². The normalized spacial score (nSPS) is 11.4. The summed E-state index contributed by atoms with van der Waals surface area (Å²) in [6.07, 6.45) is 0. The van der Waals surface area contributed by atoms with E-state index in [2.05, 4.69) is 18.7 Å². The topological polar surface area (TPSA) is 54.8 Å². The summed E-state index contributed by atoms with van der Waals surface area (Å²) in [6.45, 7) is 7.28. The average molecular weight is 571 g/mol. The Morgan fingerprint density at radius 3 is 1.74 bits per heavy atom. The van der Waals surface area contributed by atoms with Crippen molar-refractivity contribution in [3.63, 3.8) is 0 Å². The Bertz CT molecular complexity index is 1760. The Balaban J connectivity index is 1.86. The van der Waals surface area contributed by atoms with Gasteiger partial charge in [-0.15, -0.1) is 0 Å². The predicted octanol–water partition coefficient (Wildman–Crippen LogP) is 6.98. The van der Waals surface area contributed by atoms with E-state index in [1.54, 1.807) is 11.8 Å². The van der Waals surface area contributed by atoms with E-state index in [-0.39, 0.29) is 5.49 Å². The average Bonchev–Trinajstić information content (AvgIpc) is 2.97. The molecule has 0 unspecified atom stereocenters. The number of aromatic nitrogens is 4. The molecule has 2 aromatic heterocycles. The Morgan fingerprint density at radius 2 is 1.23 bits per heavy atom. The van der Waals surface area contributed by atoms with E-state index in [1.165, 1.54) is 0 Å². The second-order valence-electron chi connectivity index (χ2n) is 8.92. The zero-order chi connectivity index (χ0) is 27.4. The van der Waals surface area contributed by atoms with Gasteiger partial charge in [0.1, 0.15) is 10.1 Å². The number of para-hydroxylation sites is 3. The van der Waals surface area contributed by atoms with E-state index in [0.717, 1.165) is 47.6 Å². The third-order valence-corrected chi connectivity index (χ3v) is 8.34. The molecule has 0 spiro atoms. The number of nitrogens with one attached hydrogen (secondary N) is 1. The van der Waals surface area contributed by atoms with Crippen molar-refractivity contribution in [3.05, 3.63) is 106 Å². The third kappa shape index (κ3) is 5.40. The van der Waals surface area contributed by atoms with Crippen LogP contribution in [0.3, 0.4) is 0 Å². The van der Waals surface area contributed by atoms with Gasteiger partial charge in [-0.1, -0.05) is 92.4 Å². The minimum absolute atomic E-state index is 0.283. The fraction of sp³-hybridized carbons (Fsp3) is 0.200. The molecule has 0 aliphatic carbocycles. The van der Waals surface area contributed by atoms with Crippen LogP contribution in [0.15, 0.2) is 96.2 Å². The van der Waals surface area contributed by atoms with E-state index in [1.807, 2.05) is 105 Å². The summed E-state index contributed by atoms with van der Waals surface area (Å²) >= 11 is 13.8. The third-order valence-electron chi connectivity index (χ3n) is 6.66. The summed E-state index contributed by atoms with van der Waals surface area (Å²) in [5.74, 6) is 0.843. The maximum Gasteiger partial charge on any atom is 0.191 e. The maximum absolute atomic E-state index is 9.51. The highest BCUT2D eigenvalue weighted by atomic mass is 32.2. The molecule has 198 valence electrons. The predicted molar refractivity (Wildman–Crippen MR) is 166 cm³/mol. The number of fused-ring (bicyclic) bond motifs is 1. The molecule has 0 saturated carbocycles. The van der Waals surface area contributed by atoms with Gasteiger partial charge in [-0.2, -0.15) is 0 Å². The van der Waals surface area contributed by atoms with Crippen molar-refractivity contribution in [1.29, 1.82) is 5.41 Å². The zero-order valence-electron chi connectivity index (χ0n) is 21.9. The minimum Gasteiger partial charge on any atom is -0.303 e. The van der Waals surface area contributed by atoms with Gasteiger partial charge in [-0.25, -0.2) is 4.98 Å². The molecule has 1 N–H and O–H groups in total. The van der Waals surface area contributed by atoms with Gasteiger partial charge in [0, 0.05) is 29.4 Å². The summed E-state index contributed by atoms with van der Waals surface area (Å²) in [5, 5.41) is 10.8. The van der Waals surface area contributed by atoms with E-state index in [4.69, 9.17) is 29.4 Å². The summed E-state index contributed by atoms with van der Waals surface area (Å²) in [4.78, 5) is 7.58. The van der Waals surface area contributed by atoms with Gasteiger partial charge in [0.2, 0.25) is 0 Å². The Hall–Kier alpha value is -3.37. The van der Waals surface area contributed by atoms with Crippen molar-refractivity contribution in [2.24, 2.45) is 0 Å². The van der Waals surface area contributed by atoms with Crippen molar-refractivity contribution in [2.45, 2.75) is 19.0 Å². The molecule has 0 bridgehead atoms. The molecule has 0 fully saturated rings. The largest absolute Gasteiger partial charge is 0.303 e. The molecular formula is C30H30N6S3. The van der Waals surface area contributed by atoms with Gasteiger partial charge >= 0.3 is 0 Å².